The molecule has 1 heteroatoms. The third-order valence-electron chi connectivity index (χ3n) is 2.62. The van der Waals surface area contributed by atoms with Gasteiger partial charge >= 0.3 is 0 Å². The van der Waals surface area contributed by atoms with Crippen molar-refractivity contribution in [1.82, 2.24) is 5.32 Å². The monoisotopic (exact) mass is 187 g/mol. The van der Waals surface area contributed by atoms with Gasteiger partial charge in [-0.25, -0.2) is 0 Å². The van der Waals surface area contributed by atoms with E-state index in [2.05, 4.69) is 41.7 Å². The van der Waals surface area contributed by atoms with Crippen LogP contribution in [0.25, 0.3) is 6.08 Å². The van der Waals surface area contributed by atoms with Gasteiger partial charge in [0.15, 0.2) is 0 Å². The molecule has 1 aliphatic heterocycles. The van der Waals surface area contributed by atoms with Crippen molar-refractivity contribution in [2.45, 2.75) is 25.7 Å². The van der Waals surface area contributed by atoms with Crippen LogP contribution in [0.1, 0.15) is 31.2 Å². The van der Waals surface area contributed by atoms with E-state index < -0.39 is 0 Å². The topological polar surface area (TPSA) is 12.0 Å². The van der Waals surface area contributed by atoms with E-state index in [9.17, 15) is 0 Å². The van der Waals surface area contributed by atoms with Crippen molar-refractivity contribution in [3.05, 3.63) is 41.6 Å². The van der Waals surface area contributed by atoms with E-state index in [4.69, 9.17) is 0 Å². The van der Waals surface area contributed by atoms with Crippen molar-refractivity contribution >= 4 is 6.08 Å². The first-order valence-corrected chi connectivity index (χ1v) is 5.45. The van der Waals surface area contributed by atoms with Crippen LogP contribution in [0.3, 0.4) is 0 Å². The number of nitrogens with one attached hydrogen (secondary N) is 1. The Hall–Kier alpha value is -1.24. The predicted octanol–water partition coefficient (Wildman–Crippen LogP) is 3.19. The second-order valence-corrected chi connectivity index (χ2v) is 3.82. The molecule has 1 aliphatic rings. The quantitative estimate of drug-likeness (QED) is 0.712. The lowest BCUT2D eigenvalue weighted by molar-refractivity contribution is 0.721. The van der Waals surface area contributed by atoms with E-state index in [1.165, 1.54) is 36.9 Å². The van der Waals surface area contributed by atoms with Crippen molar-refractivity contribution in [3.63, 3.8) is 0 Å². The summed E-state index contributed by atoms with van der Waals surface area (Å²) in [6, 6.07) is 10.5. The van der Waals surface area contributed by atoms with Crippen molar-refractivity contribution in [2.24, 2.45) is 0 Å². The van der Waals surface area contributed by atoms with E-state index in [1.807, 2.05) is 0 Å². The minimum Gasteiger partial charge on any atom is -0.388 e. The molecule has 1 N–H and O–H groups in total. The van der Waals surface area contributed by atoms with Crippen molar-refractivity contribution in [1.29, 1.82) is 0 Å². The molecular weight excluding hydrogens is 170 g/mol. The molecule has 74 valence electrons. The Morgan fingerprint density at radius 2 is 1.86 bits per heavy atom. The second-order valence-electron chi connectivity index (χ2n) is 3.82. The smallest absolute Gasteiger partial charge is 0.0143 e. The standard InChI is InChI=1S/C13H17N/c1-3-7-12(8-4-1)11-13-9-5-2-6-10-14-13/h1,3-4,7-8,11,14H,2,5-6,9-10H2. The van der Waals surface area contributed by atoms with Crippen LogP contribution in [-0.2, 0) is 0 Å². The molecule has 1 nitrogen and oxygen atoms in total. The summed E-state index contributed by atoms with van der Waals surface area (Å²) in [5.41, 5.74) is 2.70. The average Bonchev–Trinajstić information content (AvgIpc) is 2.48. The van der Waals surface area contributed by atoms with Crippen LogP contribution in [0.5, 0.6) is 0 Å². The van der Waals surface area contributed by atoms with Gasteiger partial charge in [-0.05, 0) is 30.9 Å². The second kappa shape index (κ2) is 4.85. The molecule has 0 unspecified atom stereocenters. The maximum atomic E-state index is 3.49. The fourth-order valence-corrected chi connectivity index (χ4v) is 1.83. The molecule has 0 saturated carbocycles. The van der Waals surface area contributed by atoms with Crippen LogP contribution < -0.4 is 5.32 Å². The molecule has 2 rings (SSSR count). The molecule has 1 aromatic carbocycles. The highest BCUT2D eigenvalue weighted by molar-refractivity contribution is 5.52. The van der Waals surface area contributed by atoms with E-state index in [1.54, 1.807) is 0 Å². The Bertz CT molecular complexity index is 290. The number of benzene rings is 1. The molecule has 14 heavy (non-hydrogen) atoms. The van der Waals surface area contributed by atoms with Crippen molar-refractivity contribution in [2.75, 3.05) is 6.54 Å². The van der Waals surface area contributed by atoms with Crippen LogP contribution >= 0.6 is 0 Å². The SMILES string of the molecule is C(=C1CCCCCN1)c1ccccc1. The van der Waals surface area contributed by atoms with Gasteiger partial charge in [-0.1, -0.05) is 36.8 Å². The normalized spacial score (nSPS) is 20.1. The van der Waals surface area contributed by atoms with Crippen LogP contribution in [0, 0.1) is 0 Å². The summed E-state index contributed by atoms with van der Waals surface area (Å²) >= 11 is 0. The Morgan fingerprint density at radius 3 is 2.71 bits per heavy atom. The molecule has 0 atom stereocenters. The number of hydrogen-bond acceptors (Lipinski definition) is 1. The summed E-state index contributed by atoms with van der Waals surface area (Å²) in [4.78, 5) is 0. The van der Waals surface area contributed by atoms with Gasteiger partial charge in [0.25, 0.3) is 0 Å². The van der Waals surface area contributed by atoms with Gasteiger partial charge in [-0.15, -0.1) is 0 Å². The molecule has 1 fully saturated rings. The zero-order chi connectivity index (χ0) is 9.64. The first-order chi connectivity index (χ1) is 6.95. The van der Waals surface area contributed by atoms with Gasteiger partial charge < -0.3 is 5.32 Å². The van der Waals surface area contributed by atoms with Gasteiger partial charge in [-0.2, -0.15) is 0 Å². The molecule has 0 aromatic heterocycles. The Labute approximate surface area is 85.8 Å². The van der Waals surface area contributed by atoms with Crippen LogP contribution in [-0.4, -0.2) is 6.54 Å². The van der Waals surface area contributed by atoms with Crippen LogP contribution in [0.4, 0.5) is 0 Å². The zero-order valence-corrected chi connectivity index (χ0v) is 8.50. The number of hydrogen-bond donors (Lipinski definition) is 1. The zero-order valence-electron chi connectivity index (χ0n) is 8.50. The van der Waals surface area contributed by atoms with Gasteiger partial charge in [0, 0.05) is 12.2 Å². The summed E-state index contributed by atoms with van der Waals surface area (Å²) in [5, 5.41) is 3.49. The highest BCUT2D eigenvalue weighted by Crippen LogP contribution is 2.14. The van der Waals surface area contributed by atoms with Crippen molar-refractivity contribution in [3.8, 4) is 0 Å². The lowest BCUT2D eigenvalue weighted by atomic mass is 10.1. The van der Waals surface area contributed by atoms with Gasteiger partial charge in [0.1, 0.15) is 0 Å². The summed E-state index contributed by atoms with van der Waals surface area (Å²) < 4.78 is 0. The van der Waals surface area contributed by atoms with E-state index in [0.717, 1.165) is 6.54 Å². The van der Waals surface area contributed by atoms with Gasteiger partial charge in [0.2, 0.25) is 0 Å². The number of rotatable bonds is 1. The summed E-state index contributed by atoms with van der Waals surface area (Å²) in [6.45, 7) is 1.14. The third kappa shape index (κ3) is 2.63. The fourth-order valence-electron chi connectivity index (χ4n) is 1.83. The molecule has 0 amide bonds. The Kier molecular flexibility index (Phi) is 3.23. The minimum absolute atomic E-state index is 1.14. The van der Waals surface area contributed by atoms with Crippen molar-refractivity contribution < 1.29 is 0 Å². The molecule has 1 saturated heterocycles. The van der Waals surface area contributed by atoms with E-state index >= 15 is 0 Å². The molecule has 1 aromatic rings. The maximum Gasteiger partial charge on any atom is 0.0143 e. The molecular formula is C13H17N. The van der Waals surface area contributed by atoms with Crippen LogP contribution in [0.2, 0.25) is 0 Å². The molecule has 0 radical (unpaired) electrons. The highest BCUT2D eigenvalue weighted by Gasteiger charge is 2.02. The number of allylic oxidation sites excluding steroid dienone is 1. The first kappa shape index (κ1) is 9.32. The van der Waals surface area contributed by atoms with E-state index in [0.29, 0.717) is 0 Å². The highest BCUT2D eigenvalue weighted by atomic mass is 14.9. The molecule has 1 heterocycles. The summed E-state index contributed by atoms with van der Waals surface area (Å²) in [6.07, 6.45) is 7.47. The summed E-state index contributed by atoms with van der Waals surface area (Å²) in [5.74, 6) is 0. The minimum atomic E-state index is 1.14. The maximum absolute atomic E-state index is 3.49. The molecule has 0 bridgehead atoms. The average molecular weight is 187 g/mol. The third-order valence-corrected chi connectivity index (χ3v) is 2.62. The largest absolute Gasteiger partial charge is 0.388 e. The lowest BCUT2D eigenvalue weighted by Gasteiger charge is -2.05. The van der Waals surface area contributed by atoms with Crippen LogP contribution in [0.15, 0.2) is 36.0 Å². The first-order valence-electron chi connectivity index (χ1n) is 5.45. The summed E-state index contributed by atoms with van der Waals surface area (Å²) in [7, 11) is 0. The Morgan fingerprint density at radius 1 is 1.00 bits per heavy atom. The van der Waals surface area contributed by atoms with E-state index in [-0.39, 0.29) is 0 Å². The Balaban J connectivity index is 2.09. The molecule has 0 spiro atoms. The predicted molar refractivity (Wildman–Crippen MR) is 60.9 cm³/mol. The molecule has 0 aliphatic carbocycles. The van der Waals surface area contributed by atoms with Gasteiger partial charge in [0.05, 0.1) is 0 Å². The lowest BCUT2D eigenvalue weighted by Crippen LogP contribution is -2.11. The van der Waals surface area contributed by atoms with Gasteiger partial charge in [-0.3, -0.25) is 0 Å². The fraction of sp³-hybridized carbons (Fsp3) is 0.385.